The molecule has 0 saturated heterocycles. The number of anilines is 1. The fourth-order valence-electron chi connectivity index (χ4n) is 4.71. The van der Waals surface area contributed by atoms with Crippen molar-refractivity contribution >= 4 is 31.6 Å². The van der Waals surface area contributed by atoms with Gasteiger partial charge in [0.1, 0.15) is 23.4 Å². The molecule has 3 aromatic rings. The lowest BCUT2D eigenvalue weighted by Crippen LogP contribution is -2.50. The predicted molar refractivity (Wildman–Crippen MR) is 151 cm³/mol. The summed E-state index contributed by atoms with van der Waals surface area (Å²) < 4.78 is 80.7. The first-order valence-electron chi connectivity index (χ1n) is 13.1. The van der Waals surface area contributed by atoms with E-state index in [4.69, 9.17) is 9.26 Å². The molecular formula is C27H33FN4O8S2. The molecule has 0 radical (unpaired) electrons. The molecule has 228 valence electrons. The largest absolute Gasteiger partial charge is 0.488 e. The molecule has 0 spiro atoms. The maximum absolute atomic E-state index is 13.7. The zero-order valence-corrected chi connectivity index (χ0v) is 25.4. The lowest BCUT2D eigenvalue weighted by molar-refractivity contribution is 0.0387. The lowest BCUT2D eigenvalue weighted by Gasteiger charge is -2.38. The molecule has 1 aliphatic heterocycles. The van der Waals surface area contributed by atoms with Gasteiger partial charge >= 0.3 is 0 Å². The third-order valence-corrected chi connectivity index (χ3v) is 10.6. The second kappa shape index (κ2) is 12.0. The summed E-state index contributed by atoms with van der Waals surface area (Å²) in [7, 11) is -6.74. The Morgan fingerprint density at radius 2 is 1.83 bits per heavy atom. The molecule has 1 aliphatic rings. The molecule has 0 aliphatic carbocycles. The van der Waals surface area contributed by atoms with Gasteiger partial charge in [-0.1, -0.05) is 12.1 Å². The van der Waals surface area contributed by atoms with Crippen LogP contribution in [0.25, 0.3) is 0 Å². The summed E-state index contributed by atoms with van der Waals surface area (Å²) in [6.07, 6.45) is -0.754. The fourth-order valence-corrected chi connectivity index (χ4v) is 7.27. The van der Waals surface area contributed by atoms with E-state index < -0.39 is 43.9 Å². The van der Waals surface area contributed by atoms with Crippen LogP contribution >= 0.6 is 0 Å². The highest BCUT2D eigenvalue weighted by molar-refractivity contribution is 7.92. The van der Waals surface area contributed by atoms with E-state index in [-0.39, 0.29) is 63.9 Å². The third-order valence-electron chi connectivity index (χ3n) is 7.11. The number of carbonyl (C=O) groups excluding carboxylic acids is 1. The van der Waals surface area contributed by atoms with E-state index >= 15 is 0 Å². The molecule has 0 fully saturated rings. The van der Waals surface area contributed by atoms with Gasteiger partial charge in [0.05, 0.1) is 29.7 Å². The summed E-state index contributed by atoms with van der Waals surface area (Å²) in [4.78, 5) is 14.9. The van der Waals surface area contributed by atoms with Crippen LogP contribution in [0.15, 0.2) is 56.8 Å². The van der Waals surface area contributed by atoms with Crippen molar-refractivity contribution in [2.24, 2.45) is 5.92 Å². The molecule has 2 N–H and O–H groups in total. The number of hydrogen-bond donors (Lipinski definition) is 2. The molecular weight excluding hydrogens is 591 g/mol. The summed E-state index contributed by atoms with van der Waals surface area (Å²) in [6.45, 7) is 6.08. The second-order valence-corrected chi connectivity index (χ2v) is 14.0. The average molecular weight is 625 g/mol. The third kappa shape index (κ3) is 6.28. The number of aryl methyl sites for hydroxylation is 2. The minimum absolute atomic E-state index is 0.0233. The first kappa shape index (κ1) is 31.4. The highest BCUT2D eigenvalue weighted by atomic mass is 32.2. The van der Waals surface area contributed by atoms with Crippen LogP contribution in [0.4, 0.5) is 10.1 Å². The van der Waals surface area contributed by atoms with E-state index in [0.29, 0.717) is 0 Å². The van der Waals surface area contributed by atoms with Crippen molar-refractivity contribution in [1.29, 1.82) is 0 Å². The van der Waals surface area contributed by atoms with Gasteiger partial charge in [-0.25, -0.2) is 21.2 Å². The van der Waals surface area contributed by atoms with Crippen LogP contribution in [0, 0.1) is 25.6 Å². The molecule has 0 saturated carbocycles. The lowest BCUT2D eigenvalue weighted by atomic mass is 9.99. The van der Waals surface area contributed by atoms with Crippen LogP contribution < -0.4 is 9.46 Å². The van der Waals surface area contributed by atoms with E-state index in [1.54, 1.807) is 13.8 Å². The number of aromatic nitrogens is 1. The van der Waals surface area contributed by atoms with Gasteiger partial charge in [0.25, 0.3) is 15.9 Å². The van der Waals surface area contributed by atoms with Crippen molar-refractivity contribution < 1.29 is 40.4 Å². The van der Waals surface area contributed by atoms with Gasteiger partial charge in [-0.2, -0.15) is 4.31 Å². The Labute approximate surface area is 244 Å². The highest BCUT2D eigenvalue weighted by Gasteiger charge is 2.36. The zero-order chi connectivity index (χ0) is 31.0. The number of nitrogens with one attached hydrogen (secondary N) is 1. The van der Waals surface area contributed by atoms with Crippen LogP contribution in [0.5, 0.6) is 5.75 Å². The number of carbonyl (C=O) groups is 1. The molecule has 3 atom stereocenters. The average Bonchev–Trinajstić information content (AvgIpc) is 3.28. The molecule has 12 nitrogen and oxygen atoms in total. The predicted octanol–water partition coefficient (Wildman–Crippen LogP) is 2.77. The number of ether oxygens (including phenoxy) is 1. The first-order chi connectivity index (χ1) is 19.6. The first-order valence-corrected chi connectivity index (χ1v) is 16.0. The van der Waals surface area contributed by atoms with Crippen molar-refractivity contribution in [1.82, 2.24) is 14.4 Å². The Morgan fingerprint density at radius 3 is 2.43 bits per heavy atom. The summed E-state index contributed by atoms with van der Waals surface area (Å²) in [5.74, 6) is -1.24. The van der Waals surface area contributed by atoms with Gasteiger partial charge in [-0.3, -0.25) is 9.52 Å². The number of sulfonamides is 2. The van der Waals surface area contributed by atoms with Gasteiger partial charge < -0.3 is 19.3 Å². The SMILES string of the molecule is Cc1noc(C)c1S(=O)(=O)Nc1ccc2c(c1)C(=O)N([C@@H](C)CO)C[C@H](C)[C@H](CN(C)S(=O)(=O)c1ccc(F)cc1)O2. The van der Waals surface area contributed by atoms with Crippen molar-refractivity contribution in [3.05, 3.63) is 65.3 Å². The number of aliphatic hydroxyl groups is 1. The van der Waals surface area contributed by atoms with E-state index in [1.165, 1.54) is 56.1 Å². The zero-order valence-electron chi connectivity index (χ0n) is 23.7. The molecule has 1 aromatic heterocycles. The molecule has 2 aromatic carbocycles. The molecule has 2 heterocycles. The van der Waals surface area contributed by atoms with Gasteiger partial charge in [0.15, 0.2) is 10.7 Å². The number of likely N-dealkylation sites (N-methyl/N-ethyl adjacent to an activating group) is 1. The standard InChI is InChI=1S/C27H33FN4O8S2/c1-16-13-32(17(2)15-33)27(34)23-12-21(30-41(35,36)26-18(3)29-40-19(26)4)8-11-24(23)39-25(16)14-31(5)42(37,38)22-9-6-20(28)7-10-22/h6-12,16-17,25,30,33H,13-15H2,1-5H3/t16-,17-,25-/m0/s1. The van der Waals surface area contributed by atoms with Crippen LogP contribution in [-0.4, -0.2) is 81.1 Å². The Morgan fingerprint density at radius 1 is 1.17 bits per heavy atom. The van der Waals surface area contributed by atoms with E-state index in [9.17, 15) is 31.1 Å². The maximum Gasteiger partial charge on any atom is 0.267 e. The van der Waals surface area contributed by atoms with Gasteiger partial charge in [-0.15, -0.1) is 0 Å². The minimum atomic E-state index is -4.12. The second-order valence-electron chi connectivity index (χ2n) is 10.3. The molecule has 42 heavy (non-hydrogen) atoms. The van der Waals surface area contributed by atoms with Crippen molar-refractivity contribution in [2.75, 3.05) is 31.5 Å². The Balaban J connectivity index is 1.69. The normalized spacial score (nSPS) is 18.7. The molecule has 0 bridgehead atoms. The summed E-state index contributed by atoms with van der Waals surface area (Å²) in [5.41, 5.74) is 0.267. The summed E-state index contributed by atoms with van der Waals surface area (Å²) in [6, 6.07) is 8.04. The van der Waals surface area contributed by atoms with Crippen LogP contribution in [0.1, 0.15) is 35.7 Å². The smallest absolute Gasteiger partial charge is 0.267 e. The number of amides is 1. The number of aliphatic hydroxyl groups excluding tert-OH is 1. The van der Waals surface area contributed by atoms with E-state index in [0.717, 1.165) is 16.4 Å². The fraction of sp³-hybridized carbons (Fsp3) is 0.407. The molecule has 4 rings (SSSR count). The quantitative estimate of drug-likeness (QED) is 0.365. The highest BCUT2D eigenvalue weighted by Crippen LogP contribution is 2.32. The number of benzene rings is 2. The molecule has 0 unspecified atom stereocenters. The maximum atomic E-state index is 13.7. The van der Waals surface area contributed by atoms with Gasteiger partial charge in [-0.05, 0) is 63.2 Å². The summed E-state index contributed by atoms with van der Waals surface area (Å²) in [5, 5.41) is 13.6. The van der Waals surface area contributed by atoms with Crippen LogP contribution in [0.3, 0.4) is 0 Å². The van der Waals surface area contributed by atoms with Crippen molar-refractivity contribution in [3.63, 3.8) is 0 Å². The Kier molecular flexibility index (Phi) is 8.97. The van der Waals surface area contributed by atoms with Crippen LogP contribution in [0.2, 0.25) is 0 Å². The Hall–Kier alpha value is -3.53. The molecule has 1 amide bonds. The van der Waals surface area contributed by atoms with Crippen LogP contribution in [-0.2, 0) is 20.0 Å². The monoisotopic (exact) mass is 624 g/mol. The number of nitrogens with zero attached hydrogens (tertiary/aromatic N) is 3. The van der Waals surface area contributed by atoms with E-state index in [2.05, 4.69) is 9.88 Å². The number of rotatable bonds is 9. The number of halogens is 1. The van der Waals surface area contributed by atoms with Crippen molar-refractivity contribution in [2.45, 2.75) is 49.6 Å². The molecule has 15 heteroatoms. The Bertz CT molecular complexity index is 1660. The van der Waals surface area contributed by atoms with Gasteiger partial charge in [0.2, 0.25) is 10.0 Å². The van der Waals surface area contributed by atoms with Crippen molar-refractivity contribution in [3.8, 4) is 5.75 Å². The van der Waals surface area contributed by atoms with E-state index in [1.807, 2.05) is 0 Å². The van der Waals surface area contributed by atoms with Gasteiger partial charge in [0, 0.05) is 25.2 Å². The minimum Gasteiger partial charge on any atom is -0.488 e. The summed E-state index contributed by atoms with van der Waals surface area (Å²) >= 11 is 0. The number of hydrogen-bond acceptors (Lipinski definition) is 9. The number of fused-ring (bicyclic) bond motifs is 1. The topological polar surface area (TPSA) is 159 Å².